The molecule has 0 unspecified atom stereocenters. The predicted molar refractivity (Wildman–Crippen MR) is 296 cm³/mol. The molecule has 0 saturated carbocycles. The summed E-state index contributed by atoms with van der Waals surface area (Å²) in [5, 5.41) is 15.4. The van der Waals surface area contributed by atoms with Crippen molar-refractivity contribution in [3.63, 3.8) is 0 Å². The van der Waals surface area contributed by atoms with E-state index < -0.39 is 11.7 Å². The maximum atomic E-state index is 15.8. The van der Waals surface area contributed by atoms with Crippen molar-refractivity contribution in [2.24, 2.45) is 0 Å². The van der Waals surface area contributed by atoms with Crippen LogP contribution in [0.15, 0.2) is 200 Å². The van der Waals surface area contributed by atoms with Crippen molar-refractivity contribution in [3.8, 4) is 73.1 Å². The summed E-state index contributed by atoms with van der Waals surface area (Å²) >= 11 is 0. The van der Waals surface area contributed by atoms with Gasteiger partial charge in [-0.2, -0.15) is 18.4 Å². The lowest BCUT2D eigenvalue weighted by atomic mass is 9.91. The summed E-state index contributed by atoms with van der Waals surface area (Å²) in [6.07, 6.45) is -4.71. The van der Waals surface area contributed by atoms with E-state index in [0.29, 0.717) is 28.1 Å². The first-order chi connectivity index (χ1) is 35.4. The fourth-order valence-corrected chi connectivity index (χ4v) is 11.3. The van der Waals surface area contributed by atoms with Gasteiger partial charge < -0.3 is 9.13 Å². The van der Waals surface area contributed by atoms with Crippen LogP contribution in [0.2, 0.25) is 0 Å². The Labute approximate surface area is 422 Å². The SMILES string of the molecule is Cc1ccccc1-c1ccc2c3ccc(-c4ccccc4C)cc3n(-c3cc(-c4c(C)cccc4C(F)(F)F)c(-n4c5cc(-c6ccccc6C)ccc5c5ccc(-c6ccccc6C)cc54)cc3C#N)c2c1. The molecule has 10 aromatic carbocycles. The second kappa shape index (κ2) is 17.4. The summed E-state index contributed by atoms with van der Waals surface area (Å²) in [6.45, 7) is 10.1. The maximum absolute atomic E-state index is 15.8. The van der Waals surface area contributed by atoms with Gasteiger partial charge in [0.1, 0.15) is 6.07 Å². The standard InChI is InChI=1S/C67H48F3N3/c1-40-15-6-10-20-50(40)45-25-29-54-55-30-26-46(51-21-11-7-16-41(51)2)34-62(55)72(61(54)33-45)60-38-58(66-44(5)19-14-24-59(66)67(68,69)70)65(37-49(60)39-71)73-63-35-47(52-22-12-8-17-42(52)3)27-31-56(63)57-32-28-48(36-64(57)73)53-23-13-9-18-43(53)4/h6-38H,1-5H3. The zero-order chi connectivity index (χ0) is 50.3. The molecule has 0 spiro atoms. The number of hydrogen-bond acceptors (Lipinski definition) is 1. The fourth-order valence-electron chi connectivity index (χ4n) is 11.3. The van der Waals surface area contributed by atoms with E-state index in [1.54, 1.807) is 13.0 Å². The number of fused-ring (bicyclic) bond motifs is 6. The monoisotopic (exact) mass is 951 g/mol. The lowest BCUT2D eigenvalue weighted by molar-refractivity contribution is -0.137. The summed E-state index contributed by atoms with van der Waals surface area (Å²) in [4.78, 5) is 0. The topological polar surface area (TPSA) is 33.6 Å². The van der Waals surface area contributed by atoms with E-state index >= 15 is 13.2 Å². The highest BCUT2D eigenvalue weighted by Crippen LogP contribution is 2.47. The van der Waals surface area contributed by atoms with Crippen LogP contribution in [0.1, 0.15) is 38.9 Å². The average molecular weight is 952 g/mol. The van der Waals surface area contributed by atoms with Gasteiger partial charge in [0.25, 0.3) is 0 Å². The zero-order valence-electron chi connectivity index (χ0n) is 41.0. The van der Waals surface area contributed by atoms with Gasteiger partial charge in [0.2, 0.25) is 0 Å². The number of nitrogens with zero attached hydrogens (tertiary/aromatic N) is 3. The second-order valence-corrected chi connectivity index (χ2v) is 19.4. The van der Waals surface area contributed by atoms with Crippen LogP contribution in [0.5, 0.6) is 0 Å². The van der Waals surface area contributed by atoms with Crippen LogP contribution >= 0.6 is 0 Å². The Morgan fingerprint density at radius 2 is 0.699 bits per heavy atom. The molecule has 0 aliphatic heterocycles. The molecule has 352 valence electrons. The molecule has 73 heavy (non-hydrogen) atoms. The molecule has 3 nitrogen and oxygen atoms in total. The molecule has 0 amide bonds. The van der Waals surface area contributed by atoms with Gasteiger partial charge in [0.05, 0.1) is 44.6 Å². The van der Waals surface area contributed by atoms with Gasteiger partial charge in [-0.1, -0.05) is 158 Å². The van der Waals surface area contributed by atoms with Gasteiger partial charge in [0, 0.05) is 27.1 Å². The summed E-state index contributed by atoms with van der Waals surface area (Å²) in [6, 6.07) is 69.2. The minimum atomic E-state index is -4.71. The molecule has 0 atom stereocenters. The minimum Gasteiger partial charge on any atom is -0.309 e. The third-order valence-electron chi connectivity index (χ3n) is 14.9. The highest BCUT2D eigenvalue weighted by Gasteiger charge is 2.36. The molecule has 2 aromatic heterocycles. The molecule has 0 N–H and O–H groups in total. The van der Waals surface area contributed by atoms with E-state index in [2.05, 4.69) is 164 Å². The van der Waals surface area contributed by atoms with Crippen LogP contribution in [-0.4, -0.2) is 9.13 Å². The first-order valence-corrected chi connectivity index (χ1v) is 24.5. The molecule has 0 bridgehead atoms. The van der Waals surface area contributed by atoms with Crippen molar-refractivity contribution in [1.29, 1.82) is 5.26 Å². The summed E-state index contributed by atoms with van der Waals surface area (Å²) in [5.74, 6) is 0. The summed E-state index contributed by atoms with van der Waals surface area (Å²) in [5.41, 5.74) is 17.2. The van der Waals surface area contributed by atoms with E-state index in [4.69, 9.17) is 0 Å². The lowest BCUT2D eigenvalue weighted by Gasteiger charge is -2.23. The Kier molecular flexibility index (Phi) is 10.8. The number of benzene rings is 10. The molecule has 0 radical (unpaired) electrons. The van der Waals surface area contributed by atoms with E-state index in [1.165, 1.54) is 12.1 Å². The van der Waals surface area contributed by atoms with E-state index in [-0.39, 0.29) is 5.56 Å². The Hall–Kier alpha value is -8.92. The number of alkyl halides is 3. The normalized spacial score (nSPS) is 11.8. The second-order valence-electron chi connectivity index (χ2n) is 19.4. The molecule has 0 aliphatic carbocycles. The van der Waals surface area contributed by atoms with Crippen molar-refractivity contribution in [3.05, 3.63) is 239 Å². The number of halogens is 3. The van der Waals surface area contributed by atoms with Crippen molar-refractivity contribution in [2.45, 2.75) is 40.8 Å². The molecule has 0 aliphatic rings. The van der Waals surface area contributed by atoms with Crippen LogP contribution in [0, 0.1) is 45.9 Å². The smallest absolute Gasteiger partial charge is 0.309 e. The number of aromatic nitrogens is 2. The first kappa shape index (κ1) is 45.2. The third-order valence-corrected chi connectivity index (χ3v) is 14.9. The number of aryl methyl sites for hydroxylation is 5. The number of nitriles is 1. The molecule has 0 fully saturated rings. The Morgan fingerprint density at radius 1 is 0.356 bits per heavy atom. The van der Waals surface area contributed by atoms with Crippen molar-refractivity contribution >= 4 is 43.6 Å². The van der Waals surface area contributed by atoms with Crippen molar-refractivity contribution in [2.75, 3.05) is 0 Å². The fraction of sp³-hybridized carbons (Fsp3) is 0.0896. The molecular formula is C67H48F3N3. The Bertz CT molecular complexity index is 4070. The first-order valence-electron chi connectivity index (χ1n) is 24.5. The van der Waals surface area contributed by atoms with Crippen LogP contribution in [0.4, 0.5) is 13.2 Å². The number of rotatable bonds is 7. The van der Waals surface area contributed by atoms with Gasteiger partial charge in [-0.25, -0.2) is 0 Å². The molecule has 0 saturated heterocycles. The van der Waals surface area contributed by atoms with E-state index in [1.807, 2.05) is 60.7 Å². The average Bonchev–Trinajstić information content (AvgIpc) is 3.89. The highest BCUT2D eigenvalue weighted by atomic mass is 19.4. The highest BCUT2D eigenvalue weighted by molar-refractivity contribution is 6.13. The van der Waals surface area contributed by atoms with Crippen LogP contribution in [0.25, 0.3) is 111 Å². The van der Waals surface area contributed by atoms with Gasteiger partial charge in [-0.3, -0.25) is 0 Å². The zero-order valence-corrected chi connectivity index (χ0v) is 41.0. The van der Waals surface area contributed by atoms with Crippen molar-refractivity contribution in [1.82, 2.24) is 9.13 Å². The van der Waals surface area contributed by atoms with Crippen molar-refractivity contribution < 1.29 is 13.2 Å². The third kappa shape index (κ3) is 7.51. The summed E-state index contributed by atoms with van der Waals surface area (Å²) < 4.78 is 51.6. The minimum absolute atomic E-state index is 0.0535. The van der Waals surface area contributed by atoms with E-state index in [9.17, 15) is 5.26 Å². The molecule has 12 aromatic rings. The van der Waals surface area contributed by atoms with Crippen LogP contribution in [-0.2, 0) is 6.18 Å². The molecule has 6 heteroatoms. The van der Waals surface area contributed by atoms with Crippen LogP contribution < -0.4 is 0 Å². The number of hydrogen-bond donors (Lipinski definition) is 0. The van der Waals surface area contributed by atoms with Gasteiger partial charge in [0.15, 0.2) is 0 Å². The quantitative estimate of drug-likeness (QED) is 0.157. The molecular weight excluding hydrogens is 904 g/mol. The summed E-state index contributed by atoms with van der Waals surface area (Å²) in [7, 11) is 0. The van der Waals surface area contributed by atoms with Gasteiger partial charge in [-0.05, 0) is 155 Å². The molecule has 2 heterocycles. The largest absolute Gasteiger partial charge is 0.417 e. The van der Waals surface area contributed by atoms with E-state index in [0.717, 1.165) is 110 Å². The molecule has 12 rings (SSSR count). The van der Waals surface area contributed by atoms with Gasteiger partial charge >= 0.3 is 6.18 Å². The lowest BCUT2D eigenvalue weighted by Crippen LogP contribution is -2.10. The van der Waals surface area contributed by atoms with Gasteiger partial charge in [-0.15, -0.1) is 0 Å². The predicted octanol–water partition coefficient (Wildman–Crippen LogP) is 18.6. The maximum Gasteiger partial charge on any atom is 0.417 e. The van der Waals surface area contributed by atoms with Crippen LogP contribution in [0.3, 0.4) is 0 Å². The Balaban J connectivity index is 1.25. The Morgan fingerprint density at radius 3 is 1.04 bits per heavy atom.